The van der Waals surface area contributed by atoms with Crippen LogP contribution in [0.3, 0.4) is 0 Å². The zero-order valence-electron chi connectivity index (χ0n) is 16.5. The van der Waals surface area contributed by atoms with Crippen molar-refractivity contribution in [2.75, 3.05) is 16.7 Å². The number of thiophene rings is 1. The number of hydrogen-bond donors (Lipinski definition) is 1. The fraction of sp³-hybridized carbons (Fsp3) is 0.136. The van der Waals surface area contributed by atoms with E-state index in [4.69, 9.17) is 4.74 Å². The smallest absolute Gasteiger partial charge is 0.270 e. The number of ketones is 1. The molecule has 0 spiro atoms. The summed E-state index contributed by atoms with van der Waals surface area (Å²) in [4.78, 5) is 13.1. The van der Waals surface area contributed by atoms with E-state index in [1.165, 1.54) is 29.0 Å². The van der Waals surface area contributed by atoms with Gasteiger partial charge in [0.05, 0.1) is 25.0 Å². The molecule has 1 aliphatic heterocycles. The van der Waals surface area contributed by atoms with Crippen molar-refractivity contribution in [2.45, 2.75) is 13.5 Å². The minimum Gasteiger partial charge on any atom is -0.495 e. The summed E-state index contributed by atoms with van der Waals surface area (Å²) in [7, 11) is -2.52. The van der Waals surface area contributed by atoms with Gasteiger partial charge in [0.15, 0.2) is 4.91 Å². The molecule has 3 aromatic rings. The molecule has 0 bridgehead atoms. The summed E-state index contributed by atoms with van der Waals surface area (Å²) in [6.07, 6.45) is 1.25. The fourth-order valence-corrected chi connectivity index (χ4v) is 5.71. The Bertz CT molecular complexity index is 1230. The Labute approximate surface area is 179 Å². The van der Waals surface area contributed by atoms with Crippen LogP contribution in [-0.2, 0) is 16.6 Å². The van der Waals surface area contributed by atoms with Gasteiger partial charge in [0.2, 0.25) is 5.78 Å². The molecule has 30 heavy (non-hydrogen) atoms. The summed E-state index contributed by atoms with van der Waals surface area (Å²) >= 11 is 1.24. The van der Waals surface area contributed by atoms with Gasteiger partial charge in [-0.1, -0.05) is 42.0 Å². The van der Waals surface area contributed by atoms with Crippen molar-refractivity contribution < 1.29 is 17.9 Å². The Kier molecular flexibility index (Phi) is 5.36. The molecule has 2 heterocycles. The van der Waals surface area contributed by atoms with Gasteiger partial charge >= 0.3 is 0 Å². The van der Waals surface area contributed by atoms with Crippen LogP contribution in [0.4, 0.5) is 11.4 Å². The molecule has 2 aromatic carbocycles. The molecule has 0 aliphatic carbocycles. The maximum Gasteiger partial charge on any atom is 0.270 e. The number of aryl methyl sites for hydroxylation is 1. The van der Waals surface area contributed by atoms with E-state index in [1.54, 1.807) is 35.7 Å². The standard InChI is InChI=1S/C22H20N2O4S2/c1-15-7-9-16(10-8-15)14-24-18-11-12-29-22(18)21(25)20(30(24,26)27)13-23-17-5-3-4-6-19(17)28-2/h3-13,23H,14H2,1-2H3/b20-13-. The van der Waals surface area contributed by atoms with E-state index >= 15 is 0 Å². The third kappa shape index (κ3) is 3.59. The largest absolute Gasteiger partial charge is 0.495 e. The lowest BCUT2D eigenvalue weighted by Gasteiger charge is -2.29. The molecular formula is C22H20N2O4S2. The van der Waals surface area contributed by atoms with E-state index < -0.39 is 15.8 Å². The zero-order valence-corrected chi connectivity index (χ0v) is 18.1. The van der Waals surface area contributed by atoms with Crippen LogP contribution in [0.5, 0.6) is 5.75 Å². The van der Waals surface area contributed by atoms with Crippen LogP contribution < -0.4 is 14.4 Å². The van der Waals surface area contributed by atoms with Crippen molar-refractivity contribution in [1.82, 2.24) is 0 Å². The van der Waals surface area contributed by atoms with Crippen LogP contribution in [0.2, 0.25) is 0 Å². The molecule has 0 saturated carbocycles. The van der Waals surface area contributed by atoms with Gasteiger partial charge in [0.25, 0.3) is 10.0 Å². The molecule has 0 unspecified atom stereocenters. The summed E-state index contributed by atoms with van der Waals surface area (Å²) in [6.45, 7) is 2.12. The van der Waals surface area contributed by atoms with Crippen LogP contribution in [0.25, 0.3) is 0 Å². The van der Waals surface area contributed by atoms with Crippen molar-refractivity contribution in [2.24, 2.45) is 0 Å². The summed E-state index contributed by atoms with van der Waals surface area (Å²) < 4.78 is 33.4. The van der Waals surface area contributed by atoms with Crippen LogP contribution >= 0.6 is 11.3 Å². The second-order valence-electron chi connectivity index (χ2n) is 6.81. The average molecular weight is 441 g/mol. The normalized spacial score (nSPS) is 16.4. The van der Waals surface area contributed by atoms with Gasteiger partial charge in [-0.25, -0.2) is 8.42 Å². The predicted octanol–water partition coefficient (Wildman–Crippen LogP) is 4.55. The van der Waals surface area contributed by atoms with Gasteiger partial charge in [-0.15, -0.1) is 11.3 Å². The van der Waals surface area contributed by atoms with E-state index in [0.29, 0.717) is 22.0 Å². The Morgan fingerprint density at radius 2 is 1.83 bits per heavy atom. The molecule has 6 nitrogen and oxygen atoms in total. The number of Topliss-reactive ketones (excluding diaryl/α,β-unsaturated/α-hetero) is 1. The van der Waals surface area contributed by atoms with Gasteiger partial charge in [0, 0.05) is 6.20 Å². The minimum absolute atomic E-state index is 0.144. The Hall–Kier alpha value is -3.10. The number of fused-ring (bicyclic) bond motifs is 1. The van der Waals surface area contributed by atoms with E-state index in [2.05, 4.69) is 5.32 Å². The number of carbonyl (C=O) groups is 1. The maximum atomic E-state index is 13.4. The topological polar surface area (TPSA) is 75.7 Å². The summed E-state index contributed by atoms with van der Waals surface area (Å²) in [6, 6.07) is 16.4. The number of benzene rings is 2. The maximum absolute atomic E-state index is 13.4. The number of carbonyl (C=O) groups excluding carboxylic acids is 1. The third-order valence-electron chi connectivity index (χ3n) is 4.82. The zero-order chi connectivity index (χ0) is 21.3. The number of methoxy groups -OCH3 is 1. The number of sulfonamides is 1. The second kappa shape index (κ2) is 7.97. The SMILES string of the molecule is COc1ccccc1N/C=C1/C(=O)c2sccc2N(Cc2ccc(C)cc2)S1(=O)=O. The molecular weight excluding hydrogens is 420 g/mol. The van der Waals surface area contributed by atoms with Gasteiger partial charge < -0.3 is 10.1 Å². The highest BCUT2D eigenvalue weighted by atomic mass is 32.2. The Balaban J connectivity index is 1.75. The predicted molar refractivity (Wildman–Crippen MR) is 120 cm³/mol. The lowest BCUT2D eigenvalue weighted by atomic mass is 10.1. The number of nitrogens with one attached hydrogen (secondary N) is 1. The summed E-state index contributed by atoms with van der Waals surface area (Å²) in [5.74, 6) is 0.0332. The van der Waals surface area contributed by atoms with E-state index in [0.717, 1.165) is 11.1 Å². The van der Waals surface area contributed by atoms with Gasteiger partial charge in [-0.3, -0.25) is 9.10 Å². The van der Waals surface area contributed by atoms with E-state index in [1.807, 2.05) is 31.2 Å². The Morgan fingerprint density at radius 3 is 2.57 bits per heavy atom. The van der Waals surface area contributed by atoms with Crippen LogP contribution in [-0.4, -0.2) is 21.3 Å². The summed E-state index contributed by atoms with van der Waals surface area (Å²) in [5.41, 5.74) is 2.92. The van der Waals surface area contributed by atoms with Crippen molar-refractivity contribution in [3.63, 3.8) is 0 Å². The molecule has 1 aromatic heterocycles. The molecule has 1 aliphatic rings. The first-order valence-electron chi connectivity index (χ1n) is 9.22. The first kappa shape index (κ1) is 20.2. The highest BCUT2D eigenvalue weighted by Gasteiger charge is 2.41. The number of para-hydroxylation sites is 2. The first-order chi connectivity index (χ1) is 14.4. The molecule has 0 fully saturated rings. The molecule has 0 radical (unpaired) electrons. The Morgan fingerprint density at radius 1 is 1.10 bits per heavy atom. The van der Waals surface area contributed by atoms with Crippen molar-refractivity contribution in [1.29, 1.82) is 0 Å². The third-order valence-corrected chi connectivity index (χ3v) is 7.49. The molecule has 4 rings (SSSR count). The molecule has 8 heteroatoms. The highest BCUT2D eigenvalue weighted by molar-refractivity contribution is 7.97. The molecule has 0 atom stereocenters. The minimum atomic E-state index is -4.05. The molecule has 0 amide bonds. The number of hydrogen-bond acceptors (Lipinski definition) is 6. The quantitative estimate of drug-likeness (QED) is 0.589. The number of nitrogens with zero attached hydrogens (tertiary/aromatic N) is 1. The highest BCUT2D eigenvalue weighted by Crippen LogP contribution is 2.39. The van der Waals surface area contributed by atoms with Gasteiger partial charge in [0.1, 0.15) is 10.6 Å². The number of allylic oxidation sites excluding steroid dienone is 1. The van der Waals surface area contributed by atoms with Crippen molar-refractivity contribution in [3.8, 4) is 5.75 Å². The van der Waals surface area contributed by atoms with Gasteiger partial charge in [-0.05, 0) is 36.1 Å². The van der Waals surface area contributed by atoms with E-state index in [-0.39, 0.29) is 11.4 Å². The monoisotopic (exact) mass is 440 g/mol. The van der Waals surface area contributed by atoms with E-state index in [9.17, 15) is 13.2 Å². The van der Waals surface area contributed by atoms with Crippen molar-refractivity contribution in [3.05, 3.63) is 87.1 Å². The molecule has 1 N–H and O–H groups in total. The number of anilines is 2. The lowest BCUT2D eigenvalue weighted by molar-refractivity contribution is 0.104. The first-order valence-corrected chi connectivity index (χ1v) is 11.5. The summed E-state index contributed by atoms with van der Waals surface area (Å²) in [5, 5.41) is 4.66. The molecule has 0 saturated heterocycles. The van der Waals surface area contributed by atoms with Gasteiger partial charge in [-0.2, -0.15) is 0 Å². The lowest BCUT2D eigenvalue weighted by Crippen LogP contribution is -2.38. The van der Waals surface area contributed by atoms with Crippen LogP contribution in [0.1, 0.15) is 20.8 Å². The van der Waals surface area contributed by atoms with Crippen molar-refractivity contribution >= 4 is 38.5 Å². The average Bonchev–Trinajstić information content (AvgIpc) is 3.22. The number of ether oxygens (including phenoxy) is 1. The van der Waals surface area contributed by atoms with Crippen LogP contribution in [0, 0.1) is 6.92 Å². The number of rotatable bonds is 5. The fourth-order valence-electron chi connectivity index (χ4n) is 3.22. The van der Waals surface area contributed by atoms with Crippen LogP contribution in [0.15, 0.2) is 71.1 Å². The molecule has 154 valence electrons. The second-order valence-corrected chi connectivity index (χ2v) is 9.56.